The van der Waals surface area contributed by atoms with Gasteiger partial charge in [0.25, 0.3) is 0 Å². The SMILES string of the molecule is Cc1cccc(-c2nnn3c2COC(CNC(=O)[C@@H]2CCCO2)C3)c1. The number of ether oxygens (including phenoxy) is 2. The van der Waals surface area contributed by atoms with Crippen molar-refractivity contribution in [3.8, 4) is 11.3 Å². The summed E-state index contributed by atoms with van der Waals surface area (Å²) in [7, 11) is 0. The van der Waals surface area contributed by atoms with Crippen LogP contribution in [-0.4, -0.2) is 46.3 Å². The summed E-state index contributed by atoms with van der Waals surface area (Å²) in [5.74, 6) is -0.0501. The highest BCUT2D eigenvalue weighted by Crippen LogP contribution is 2.25. The summed E-state index contributed by atoms with van der Waals surface area (Å²) < 4.78 is 13.2. The third-order valence-electron chi connectivity index (χ3n) is 4.69. The highest BCUT2D eigenvalue weighted by molar-refractivity contribution is 5.80. The number of rotatable bonds is 4. The summed E-state index contributed by atoms with van der Waals surface area (Å²) in [4.78, 5) is 12.0. The van der Waals surface area contributed by atoms with Crippen LogP contribution in [0.15, 0.2) is 24.3 Å². The monoisotopic (exact) mass is 342 g/mol. The van der Waals surface area contributed by atoms with Gasteiger partial charge in [0.2, 0.25) is 5.91 Å². The smallest absolute Gasteiger partial charge is 0.249 e. The van der Waals surface area contributed by atoms with Crippen LogP contribution < -0.4 is 5.32 Å². The summed E-state index contributed by atoms with van der Waals surface area (Å²) in [6.45, 7) is 4.21. The van der Waals surface area contributed by atoms with E-state index in [1.165, 1.54) is 5.56 Å². The van der Waals surface area contributed by atoms with Crippen LogP contribution in [0.4, 0.5) is 0 Å². The van der Waals surface area contributed by atoms with Crippen LogP contribution in [0.2, 0.25) is 0 Å². The van der Waals surface area contributed by atoms with Crippen molar-refractivity contribution >= 4 is 5.91 Å². The Morgan fingerprint density at radius 1 is 1.40 bits per heavy atom. The average molecular weight is 342 g/mol. The molecule has 1 aromatic heterocycles. The lowest BCUT2D eigenvalue weighted by Gasteiger charge is -2.24. The molecule has 132 valence electrons. The predicted octanol–water partition coefficient (Wildman–Crippen LogP) is 1.45. The van der Waals surface area contributed by atoms with Gasteiger partial charge in [-0.2, -0.15) is 0 Å². The van der Waals surface area contributed by atoms with Gasteiger partial charge in [-0.1, -0.05) is 29.0 Å². The molecule has 4 rings (SSSR count). The van der Waals surface area contributed by atoms with Crippen molar-refractivity contribution in [3.05, 3.63) is 35.5 Å². The number of aryl methyl sites for hydroxylation is 1. The van der Waals surface area contributed by atoms with E-state index in [4.69, 9.17) is 9.47 Å². The van der Waals surface area contributed by atoms with E-state index in [0.717, 1.165) is 29.8 Å². The zero-order chi connectivity index (χ0) is 17.2. The molecule has 2 aliphatic rings. The molecule has 0 aliphatic carbocycles. The molecule has 1 unspecified atom stereocenters. The van der Waals surface area contributed by atoms with Crippen molar-refractivity contribution in [2.75, 3.05) is 13.2 Å². The van der Waals surface area contributed by atoms with E-state index in [0.29, 0.717) is 26.3 Å². The quantitative estimate of drug-likeness (QED) is 0.910. The molecule has 25 heavy (non-hydrogen) atoms. The van der Waals surface area contributed by atoms with Gasteiger partial charge in [0.05, 0.1) is 24.9 Å². The molecular formula is C18H22N4O3. The summed E-state index contributed by atoms with van der Waals surface area (Å²) >= 11 is 0. The van der Waals surface area contributed by atoms with Gasteiger partial charge in [0, 0.05) is 18.7 Å². The number of carbonyl (C=O) groups excluding carboxylic acids is 1. The standard InChI is InChI=1S/C18H22N4O3/c1-12-4-2-5-13(8-12)17-15-11-25-14(10-22(15)21-20-17)9-19-18(23)16-6-3-7-24-16/h2,4-5,8,14,16H,3,6-7,9-11H2,1H3,(H,19,23)/t14?,16-/m0/s1. The number of amides is 1. The van der Waals surface area contributed by atoms with Gasteiger partial charge < -0.3 is 14.8 Å². The van der Waals surface area contributed by atoms with Crippen LogP contribution in [-0.2, 0) is 27.4 Å². The topological polar surface area (TPSA) is 78.3 Å². The number of aromatic nitrogens is 3. The molecular weight excluding hydrogens is 320 g/mol. The molecule has 0 bridgehead atoms. The second-order valence-electron chi connectivity index (χ2n) is 6.62. The van der Waals surface area contributed by atoms with Crippen LogP contribution in [0.5, 0.6) is 0 Å². The Bertz CT molecular complexity index is 767. The Kier molecular flexibility index (Phi) is 4.50. The van der Waals surface area contributed by atoms with E-state index >= 15 is 0 Å². The zero-order valence-corrected chi connectivity index (χ0v) is 14.3. The van der Waals surface area contributed by atoms with E-state index in [9.17, 15) is 4.79 Å². The number of benzene rings is 1. The normalized spacial score (nSPS) is 22.6. The Labute approximate surface area is 146 Å². The largest absolute Gasteiger partial charge is 0.368 e. The van der Waals surface area contributed by atoms with Crippen LogP contribution in [0.1, 0.15) is 24.1 Å². The number of nitrogens with one attached hydrogen (secondary N) is 1. The summed E-state index contributed by atoms with van der Waals surface area (Å²) in [5.41, 5.74) is 4.08. The lowest BCUT2D eigenvalue weighted by Crippen LogP contribution is -2.42. The van der Waals surface area contributed by atoms with Crippen molar-refractivity contribution in [1.29, 1.82) is 0 Å². The Hall–Kier alpha value is -2.25. The molecule has 2 aromatic rings. The molecule has 0 radical (unpaired) electrons. The predicted molar refractivity (Wildman–Crippen MR) is 90.8 cm³/mol. The maximum atomic E-state index is 12.0. The Morgan fingerprint density at radius 2 is 2.32 bits per heavy atom. The fraction of sp³-hybridized carbons (Fsp3) is 0.500. The minimum atomic E-state index is -0.307. The molecule has 1 amide bonds. The minimum Gasteiger partial charge on any atom is -0.368 e. The van der Waals surface area contributed by atoms with Crippen LogP contribution in [0.3, 0.4) is 0 Å². The highest BCUT2D eigenvalue weighted by atomic mass is 16.5. The second kappa shape index (κ2) is 6.93. The number of hydrogen-bond donors (Lipinski definition) is 1. The number of hydrogen-bond acceptors (Lipinski definition) is 5. The molecule has 7 nitrogen and oxygen atoms in total. The van der Waals surface area contributed by atoms with E-state index in [1.54, 1.807) is 0 Å². The van der Waals surface area contributed by atoms with Crippen LogP contribution in [0, 0.1) is 6.92 Å². The van der Waals surface area contributed by atoms with Crippen LogP contribution in [0.25, 0.3) is 11.3 Å². The molecule has 0 spiro atoms. The zero-order valence-electron chi connectivity index (χ0n) is 14.3. The molecule has 1 N–H and O–H groups in total. The van der Waals surface area contributed by atoms with E-state index in [-0.39, 0.29) is 18.1 Å². The maximum absolute atomic E-state index is 12.0. The van der Waals surface area contributed by atoms with Crippen molar-refractivity contribution < 1.29 is 14.3 Å². The minimum absolute atomic E-state index is 0.0501. The molecule has 2 atom stereocenters. The molecule has 7 heteroatoms. The molecule has 1 saturated heterocycles. The van der Waals surface area contributed by atoms with E-state index < -0.39 is 0 Å². The van der Waals surface area contributed by atoms with Crippen molar-refractivity contribution in [1.82, 2.24) is 20.3 Å². The molecule has 2 aliphatic heterocycles. The molecule has 0 saturated carbocycles. The van der Waals surface area contributed by atoms with Crippen molar-refractivity contribution in [3.63, 3.8) is 0 Å². The van der Waals surface area contributed by atoms with Gasteiger partial charge in [-0.05, 0) is 25.8 Å². The van der Waals surface area contributed by atoms with Gasteiger partial charge in [-0.15, -0.1) is 5.10 Å². The first-order valence-corrected chi connectivity index (χ1v) is 8.71. The number of nitrogens with zero attached hydrogens (tertiary/aromatic N) is 3. The fourth-order valence-corrected chi connectivity index (χ4v) is 3.32. The van der Waals surface area contributed by atoms with Gasteiger partial charge in [-0.25, -0.2) is 4.68 Å². The molecule has 1 fully saturated rings. The van der Waals surface area contributed by atoms with Gasteiger partial charge >= 0.3 is 0 Å². The third-order valence-corrected chi connectivity index (χ3v) is 4.69. The number of carbonyl (C=O) groups is 1. The molecule has 1 aromatic carbocycles. The number of fused-ring (bicyclic) bond motifs is 1. The highest BCUT2D eigenvalue weighted by Gasteiger charge is 2.27. The van der Waals surface area contributed by atoms with Crippen LogP contribution >= 0.6 is 0 Å². The third kappa shape index (κ3) is 3.43. The first kappa shape index (κ1) is 16.2. The van der Waals surface area contributed by atoms with Gasteiger partial charge in [0.15, 0.2) is 0 Å². The van der Waals surface area contributed by atoms with Crippen molar-refractivity contribution in [2.24, 2.45) is 0 Å². The maximum Gasteiger partial charge on any atom is 0.249 e. The lowest BCUT2D eigenvalue weighted by atomic mass is 10.1. The Morgan fingerprint density at radius 3 is 3.12 bits per heavy atom. The average Bonchev–Trinajstić information content (AvgIpc) is 3.29. The van der Waals surface area contributed by atoms with Gasteiger partial charge in [0.1, 0.15) is 11.8 Å². The van der Waals surface area contributed by atoms with Gasteiger partial charge in [-0.3, -0.25) is 4.79 Å². The lowest BCUT2D eigenvalue weighted by molar-refractivity contribution is -0.131. The fourth-order valence-electron chi connectivity index (χ4n) is 3.32. The summed E-state index contributed by atoms with van der Waals surface area (Å²) in [6.07, 6.45) is 1.33. The van der Waals surface area contributed by atoms with Crippen molar-refractivity contribution in [2.45, 2.75) is 45.1 Å². The van der Waals surface area contributed by atoms with E-state index in [2.05, 4.69) is 34.7 Å². The first-order chi connectivity index (χ1) is 12.2. The van der Waals surface area contributed by atoms with E-state index in [1.807, 2.05) is 16.8 Å². The summed E-state index contributed by atoms with van der Waals surface area (Å²) in [6, 6.07) is 8.21. The summed E-state index contributed by atoms with van der Waals surface area (Å²) in [5, 5.41) is 11.5. The second-order valence-corrected chi connectivity index (χ2v) is 6.62. The first-order valence-electron chi connectivity index (χ1n) is 8.71. The molecule has 3 heterocycles. The Balaban J connectivity index is 1.40.